The molecule has 0 aromatic carbocycles. The molecule has 5 nitrogen and oxygen atoms in total. The van der Waals surface area contributed by atoms with Gasteiger partial charge in [0.15, 0.2) is 12.4 Å². The van der Waals surface area contributed by atoms with Crippen molar-refractivity contribution in [3.8, 4) is 0 Å². The first-order chi connectivity index (χ1) is 8.08. The fourth-order valence-corrected chi connectivity index (χ4v) is 2.41. The zero-order valence-corrected chi connectivity index (χ0v) is 10.1. The molecular formula is C11H11NO4S. The van der Waals surface area contributed by atoms with Gasteiger partial charge in [-0.1, -0.05) is 0 Å². The van der Waals surface area contributed by atoms with Crippen LogP contribution in [-0.2, 0) is 16.0 Å². The van der Waals surface area contributed by atoms with Crippen LogP contribution in [0.4, 0.5) is 4.79 Å². The maximum atomic E-state index is 11.2. The number of hydrogen-bond acceptors (Lipinski definition) is 5. The zero-order valence-electron chi connectivity index (χ0n) is 9.26. The molecule has 17 heavy (non-hydrogen) atoms. The highest BCUT2D eigenvalue weighted by Gasteiger charge is 2.30. The van der Waals surface area contributed by atoms with E-state index in [-0.39, 0.29) is 18.3 Å². The second-order valence-electron chi connectivity index (χ2n) is 3.67. The molecule has 0 N–H and O–H groups in total. The summed E-state index contributed by atoms with van der Waals surface area (Å²) in [6.07, 6.45) is -0.0305. The van der Waals surface area contributed by atoms with Crippen LogP contribution in [0.1, 0.15) is 21.5 Å². The zero-order chi connectivity index (χ0) is 12.4. The second-order valence-corrected chi connectivity index (χ2v) is 4.84. The van der Waals surface area contributed by atoms with Crippen molar-refractivity contribution in [2.24, 2.45) is 0 Å². The van der Waals surface area contributed by atoms with E-state index in [0.717, 1.165) is 9.78 Å². The van der Waals surface area contributed by atoms with E-state index < -0.39 is 6.09 Å². The molecule has 0 atom stereocenters. The Balaban J connectivity index is 1.95. The van der Waals surface area contributed by atoms with Gasteiger partial charge in [0.2, 0.25) is 0 Å². The number of imide groups is 1. The standard InChI is InChI=1S/C11H11NO4S/c1-7(13)9-3-2-8(17-9)4-5-12-10(14)6-16-11(12)15/h2-3H,4-6H2,1H3. The van der Waals surface area contributed by atoms with Crippen LogP contribution in [0.2, 0.25) is 0 Å². The van der Waals surface area contributed by atoms with Gasteiger partial charge in [0.25, 0.3) is 5.91 Å². The fraction of sp³-hybridized carbons (Fsp3) is 0.364. The molecule has 1 fully saturated rings. The summed E-state index contributed by atoms with van der Waals surface area (Å²) >= 11 is 1.39. The molecule has 1 aromatic heterocycles. The maximum Gasteiger partial charge on any atom is 0.417 e. The SMILES string of the molecule is CC(=O)c1ccc(CCN2C(=O)COC2=O)s1. The van der Waals surface area contributed by atoms with Gasteiger partial charge in [-0.15, -0.1) is 11.3 Å². The van der Waals surface area contributed by atoms with E-state index in [0.29, 0.717) is 17.8 Å². The number of ether oxygens (including phenoxy) is 1. The lowest BCUT2D eigenvalue weighted by atomic mass is 10.3. The van der Waals surface area contributed by atoms with Crippen LogP contribution < -0.4 is 0 Å². The largest absolute Gasteiger partial charge is 0.439 e. The smallest absolute Gasteiger partial charge is 0.417 e. The van der Waals surface area contributed by atoms with Crippen molar-refractivity contribution in [1.82, 2.24) is 4.90 Å². The molecule has 0 bridgehead atoms. The summed E-state index contributed by atoms with van der Waals surface area (Å²) < 4.78 is 4.60. The number of hydrogen-bond donors (Lipinski definition) is 0. The predicted octanol–water partition coefficient (Wildman–Crippen LogP) is 1.47. The third-order valence-electron chi connectivity index (χ3n) is 2.43. The van der Waals surface area contributed by atoms with Crippen LogP contribution in [0, 0.1) is 0 Å². The predicted molar refractivity (Wildman–Crippen MR) is 61.1 cm³/mol. The first kappa shape index (κ1) is 11.8. The van der Waals surface area contributed by atoms with E-state index in [9.17, 15) is 14.4 Å². The summed E-state index contributed by atoms with van der Waals surface area (Å²) in [6.45, 7) is 1.65. The number of thiophene rings is 1. The van der Waals surface area contributed by atoms with Crippen molar-refractivity contribution in [3.05, 3.63) is 21.9 Å². The average molecular weight is 253 g/mol. The normalized spacial score (nSPS) is 15.2. The quantitative estimate of drug-likeness (QED) is 0.762. The third kappa shape index (κ3) is 2.52. The Kier molecular flexibility index (Phi) is 3.23. The summed E-state index contributed by atoms with van der Waals surface area (Å²) in [6, 6.07) is 3.60. The summed E-state index contributed by atoms with van der Waals surface area (Å²) in [5.41, 5.74) is 0. The van der Waals surface area contributed by atoms with E-state index in [2.05, 4.69) is 4.74 Å². The highest BCUT2D eigenvalue weighted by Crippen LogP contribution is 2.18. The van der Waals surface area contributed by atoms with E-state index >= 15 is 0 Å². The lowest BCUT2D eigenvalue weighted by Gasteiger charge is -2.08. The maximum absolute atomic E-state index is 11.2. The Bertz CT molecular complexity index is 464. The monoisotopic (exact) mass is 253 g/mol. The van der Waals surface area contributed by atoms with Crippen molar-refractivity contribution in [1.29, 1.82) is 0 Å². The van der Waals surface area contributed by atoms with E-state index in [4.69, 9.17) is 0 Å². The molecule has 0 unspecified atom stereocenters. The molecule has 1 aliphatic heterocycles. The topological polar surface area (TPSA) is 63.7 Å². The van der Waals surface area contributed by atoms with Gasteiger partial charge in [0.05, 0.1) is 4.88 Å². The molecule has 0 spiro atoms. The summed E-state index contributed by atoms with van der Waals surface area (Å²) in [5.74, 6) is -0.281. The molecule has 0 radical (unpaired) electrons. The summed E-state index contributed by atoms with van der Waals surface area (Å²) in [4.78, 5) is 36.3. The van der Waals surface area contributed by atoms with Crippen LogP contribution in [0.3, 0.4) is 0 Å². The van der Waals surface area contributed by atoms with Gasteiger partial charge in [-0.2, -0.15) is 0 Å². The van der Waals surface area contributed by atoms with E-state index in [1.807, 2.05) is 6.07 Å². The van der Waals surface area contributed by atoms with Crippen LogP contribution in [0.25, 0.3) is 0 Å². The Hall–Kier alpha value is -1.69. The Morgan fingerprint density at radius 3 is 2.76 bits per heavy atom. The fourth-order valence-electron chi connectivity index (χ4n) is 1.52. The molecule has 1 aliphatic rings. The molecule has 1 aromatic rings. The Morgan fingerprint density at radius 2 is 2.24 bits per heavy atom. The highest BCUT2D eigenvalue weighted by molar-refractivity contribution is 7.14. The molecule has 1 saturated heterocycles. The number of amides is 2. The van der Waals surface area contributed by atoms with Crippen molar-refractivity contribution in [2.75, 3.05) is 13.2 Å². The number of carbonyl (C=O) groups excluding carboxylic acids is 3. The molecule has 90 valence electrons. The summed E-state index contributed by atoms with van der Waals surface area (Å²) in [7, 11) is 0. The molecule has 0 saturated carbocycles. The molecule has 0 aliphatic carbocycles. The van der Waals surface area contributed by atoms with Crippen LogP contribution >= 0.6 is 11.3 Å². The van der Waals surface area contributed by atoms with Gasteiger partial charge in [0, 0.05) is 17.8 Å². The number of carbonyl (C=O) groups is 3. The number of Topliss-reactive ketones (excluding diaryl/α,β-unsaturated/α-hetero) is 1. The molecule has 6 heteroatoms. The Morgan fingerprint density at radius 1 is 1.47 bits per heavy atom. The molecule has 2 heterocycles. The first-order valence-corrected chi connectivity index (χ1v) is 5.96. The summed E-state index contributed by atoms with van der Waals surface area (Å²) in [5, 5.41) is 0. The van der Waals surface area contributed by atoms with E-state index in [1.54, 1.807) is 6.07 Å². The van der Waals surface area contributed by atoms with Gasteiger partial charge in [-0.05, 0) is 19.1 Å². The van der Waals surface area contributed by atoms with Crippen LogP contribution in [0.5, 0.6) is 0 Å². The van der Waals surface area contributed by atoms with E-state index in [1.165, 1.54) is 18.3 Å². The third-order valence-corrected chi connectivity index (χ3v) is 3.68. The van der Waals surface area contributed by atoms with Crippen molar-refractivity contribution in [3.63, 3.8) is 0 Å². The van der Waals surface area contributed by atoms with Gasteiger partial charge in [-0.25, -0.2) is 9.69 Å². The second kappa shape index (κ2) is 4.67. The first-order valence-electron chi connectivity index (χ1n) is 5.14. The minimum absolute atomic E-state index is 0.0258. The minimum Gasteiger partial charge on any atom is -0.439 e. The molecular weight excluding hydrogens is 242 g/mol. The van der Waals surface area contributed by atoms with Gasteiger partial charge in [-0.3, -0.25) is 9.59 Å². The number of nitrogens with zero attached hydrogens (tertiary/aromatic N) is 1. The van der Waals surface area contributed by atoms with Crippen molar-refractivity contribution < 1.29 is 19.1 Å². The molecule has 2 amide bonds. The lowest BCUT2D eigenvalue weighted by Crippen LogP contribution is -2.30. The van der Waals surface area contributed by atoms with Gasteiger partial charge >= 0.3 is 6.09 Å². The molecule has 2 rings (SSSR count). The number of ketones is 1. The number of cyclic esters (lactones) is 1. The minimum atomic E-state index is -0.585. The van der Waals surface area contributed by atoms with Crippen molar-refractivity contribution in [2.45, 2.75) is 13.3 Å². The van der Waals surface area contributed by atoms with Gasteiger partial charge in [0.1, 0.15) is 0 Å². The van der Waals surface area contributed by atoms with Gasteiger partial charge < -0.3 is 4.74 Å². The van der Waals surface area contributed by atoms with Crippen LogP contribution in [-0.4, -0.2) is 35.8 Å². The van der Waals surface area contributed by atoms with Crippen molar-refractivity contribution >= 4 is 29.1 Å². The average Bonchev–Trinajstić information content (AvgIpc) is 2.85. The highest BCUT2D eigenvalue weighted by atomic mass is 32.1. The van der Waals surface area contributed by atoms with Crippen LogP contribution in [0.15, 0.2) is 12.1 Å². The Labute approximate surface area is 102 Å². The number of rotatable bonds is 4. The lowest BCUT2D eigenvalue weighted by molar-refractivity contribution is -0.125.